The average molecular weight is 444 g/mol. The highest BCUT2D eigenvalue weighted by Gasteiger charge is 2.18. The third-order valence-corrected chi connectivity index (χ3v) is 4.90. The normalized spacial score (nSPS) is 10.4. The van der Waals surface area contributed by atoms with Crippen molar-refractivity contribution in [2.45, 2.75) is 27.3 Å². The number of nitrogens with one attached hydrogen (secondary N) is 1. The van der Waals surface area contributed by atoms with Crippen LogP contribution < -0.4 is 10.9 Å². The molecule has 7 heteroatoms. The van der Waals surface area contributed by atoms with Crippen molar-refractivity contribution in [1.82, 2.24) is 15.0 Å². The van der Waals surface area contributed by atoms with E-state index in [1.807, 2.05) is 63.4 Å². The minimum atomic E-state index is -0.114. The zero-order chi connectivity index (χ0) is 22.8. The standard InChI is InChI=1S/C18H13ClN2O2.C4H11NO.C2H6/c1-11-15-17(20-23-11)16-13(19)8-5-9-14(16)21(18(15)22)10-12-6-3-2-4-7-12;1-5-3-4-6-2;1-2/h2-9H,10H2,1H3;5H,3-4H2,1-2H3;1-2H3. The molecule has 0 aliphatic heterocycles. The molecule has 0 spiro atoms. The molecule has 0 amide bonds. The molecule has 4 aromatic rings. The van der Waals surface area contributed by atoms with Gasteiger partial charge >= 0.3 is 0 Å². The number of methoxy groups -OCH3 is 1. The largest absolute Gasteiger partial charge is 0.383 e. The fourth-order valence-electron chi connectivity index (χ4n) is 3.14. The summed E-state index contributed by atoms with van der Waals surface area (Å²) in [5, 5.41) is 8.78. The Morgan fingerprint density at radius 2 is 1.81 bits per heavy atom. The number of hydrogen-bond acceptors (Lipinski definition) is 5. The molecule has 0 fully saturated rings. The van der Waals surface area contributed by atoms with Gasteiger partial charge in [0.15, 0.2) is 0 Å². The van der Waals surface area contributed by atoms with E-state index >= 15 is 0 Å². The first-order chi connectivity index (χ1) is 15.1. The molecular formula is C24H30ClN3O3. The Labute approximate surface area is 187 Å². The summed E-state index contributed by atoms with van der Waals surface area (Å²) in [6.07, 6.45) is 0. The van der Waals surface area contributed by atoms with Crippen molar-refractivity contribution in [2.75, 3.05) is 27.3 Å². The van der Waals surface area contributed by atoms with E-state index in [1.54, 1.807) is 24.7 Å². The maximum absolute atomic E-state index is 13.0. The van der Waals surface area contributed by atoms with Crippen molar-refractivity contribution in [2.24, 2.45) is 0 Å². The van der Waals surface area contributed by atoms with E-state index in [0.29, 0.717) is 28.2 Å². The molecule has 0 unspecified atom stereocenters. The van der Waals surface area contributed by atoms with Crippen LogP contribution in [0, 0.1) is 6.92 Å². The Balaban J connectivity index is 0.000000372. The number of aromatic nitrogens is 2. The van der Waals surface area contributed by atoms with Gasteiger partial charge in [0.2, 0.25) is 0 Å². The van der Waals surface area contributed by atoms with Crippen LogP contribution in [0.2, 0.25) is 5.02 Å². The molecule has 4 rings (SSSR count). The molecule has 0 saturated heterocycles. The monoisotopic (exact) mass is 443 g/mol. The summed E-state index contributed by atoms with van der Waals surface area (Å²) < 4.78 is 11.7. The van der Waals surface area contributed by atoms with E-state index < -0.39 is 0 Å². The summed E-state index contributed by atoms with van der Waals surface area (Å²) in [7, 11) is 3.59. The van der Waals surface area contributed by atoms with Crippen molar-refractivity contribution in [1.29, 1.82) is 0 Å². The van der Waals surface area contributed by atoms with Crippen molar-refractivity contribution >= 4 is 33.4 Å². The Kier molecular flexibility index (Phi) is 9.72. The third-order valence-electron chi connectivity index (χ3n) is 4.58. The van der Waals surface area contributed by atoms with Crippen LogP contribution in [0.5, 0.6) is 0 Å². The van der Waals surface area contributed by atoms with Gasteiger partial charge < -0.3 is 19.1 Å². The lowest BCUT2D eigenvalue weighted by atomic mass is 10.1. The van der Waals surface area contributed by atoms with Gasteiger partial charge in [-0.05, 0) is 31.7 Å². The van der Waals surface area contributed by atoms with Crippen LogP contribution in [0.1, 0.15) is 25.2 Å². The van der Waals surface area contributed by atoms with Gasteiger partial charge in [-0.2, -0.15) is 0 Å². The Morgan fingerprint density at radius 3 is 2.42 bits per heavy atom. The number of likely N-dealkylation sites (N-methyl/N-ethyl adjacent to an activating group) is 1. The molecule has 0 bridgehead atoms. The van der Waals surface area contributed by atoms with Gasteiger partial charge in [0.25, 0.3) is 5.56 Å². The molecule has 0 radical (unpaired) electrons. The zero-order valence-electron chi connectivity index (χ0n) is 18.7. The molecule has 6 nitrogen and oxygen atoms in total. The third kappa shape index (κ3) is 5.73. The van der Waals surface area contributed by atoms with E-state index in [1.165, 1.54) is 0 Å². The van der Waals surface area contributed by atoms with Gasteiger partial charge in [-0.3, -0.25) is 4.79 Å². The molecule has 31 heavy (non-hydrogen) atoms. The molecule has 1 N–H and O–H groups in total. The number of fused-ring (bicyclic) bond motifs is 3. The molecule has 2 aromatic carbocycles. The highest BCUT2D eigenvalue weighted by atomic mass is 35.5. The van der Waals surface area contributed by atoms with Crippen molar-refractivity contribution < 1.29 is 9.26 Å². The van der Waals surface area contributed by atoms with Crippen molar-refractivity contribution in [3.8, 4) is 0 Å². The van der Waals surface area contributed by atoms with E-state index in [-0.39, 0.29) is 5.56 Å². The highest BCUT2D eigenvalue weighted by Crippen LogP contribution is 2.30. The van der Waals surface area contributed by atoms with E-state index in [2.05, 4.69) is 10.5 Å². The smallest absolute Gasteiger partial charge is 0.264 e. The van der Waals surface area contributed by atoms with E-state index in [9.17, 15) is 4.79 Å². The van der Waals surface area contributed by atoms with Gasteiger partial charge in [-0.25, -0.2) is 0 Å². The molecule has 2 aromatic heterocycles. The lowest BCUT2D eigenvalue weighted by molar-refractivity contribution is 0.201. The quantitative estimate of drug-likeness (QED) is 0.438. The van der Waals surface area contributed by atoms with Gasteiger partial charge in [-0.1, -0.05) is 67.0 Å². The fraction of sp³-hybridized carbons (Fsp3) is 0.333. The summed E-state index contributed by atoms with van der Waals surface area (Å²) in [6.45, 7) is 7.95. The molecule has 0 aliphatic carbocycles. The minimum absolute atomic E-state index is 0.114. The highest BCUT2D eigenvalue weighted by molar-refractivity contribution is 6.37. The van der Waals surface area contributed by atoms with E-state index in [0.717, 1.165) is 29.6 Å². The summed E-state index contributed by atoms with van der Waals surface area (Å²) in [4.78, 5) is 13.0. The van der Waals surface area contributed by atoms with Crippen LogP contribution in [0.25, 0.3) is 21.8 Å². The summed E-state index contributed by atoms with van der Waals surface area (Å²) in [5.41, 5.74) is 2.21. The van der Waals surface area contributed by atoms with Crippen LogP contribution in [0.4, 0.5) is 0 Å². The first kappa shape index (κ1) is 24.6. The second-order valence-electron chi connectivity index (χ2n) is 6.57. The van der Waals surface area contributed by atoms with Crippen LogP contribution >= 0.6 is 11.6 Å². The first-order valence-corrected chi connectivity index (χ1v) is 10.7. The lowest BCUT2D eigenvalue weighted by Gasteiger charge is -2.12. The second kappa shape index (κ2) is 12.2. The van der Waals surface area contributed by atoms with Gasteiger partial charge in [-0.15, -0.1) is 0 Å². The number of pyridine rings is 1. The van der Waals surface area contributed by atoms with Crippen LogP contribution in [-0.2, 0) is 11.3 Å². The number of rotatable bonds is 5. The van der Waals surface area contributed by atoms with Crippen LogP contribution in [0.3, 0.4) is 0 Å². The van der Waals surface area contributed by atoms with Gasteiger partial charge in [0.05, 0.1) is 23.7 Å². The molecule has 166 valence electrons. The Bertz CT molecular complexity index is 1150. The fourth-order valence-corrected chi connectivity index (χ4v) is 3.40. The van der Waals surface area contributed by atoms with Gasteiger partial charge in [0, 0.05) is 19.0 Å². The van der Waals surface area contributed by atoms with E-state index in [4.69, 9.17) is 20.9 Å². The SMILES string of the molecule is CC.CNCCOC.Cc1onc2c1c(=O)n(Cc1ccccc1)c1cccc(Cl)c21. The van der Waals surface area contributed by atoms with Gasteiger partial charge in [0.1, 0.15) is 16.7 Å². The van der Waals surface area contributed by atoms with Crippen molar-refractivity contribution in [3.05, 3.63) is 75.2 Å². The average Bonchev–Trinajstić information content (AvgIpc) is 3.19. The first-order valence-electron chi connectivity index (χ1n) is 10.3. The zero-order valence-corrected chi connectivity index (χ0v) is 19.5. The van der Waals surface area contributed by atoms with Crippen LogP contribution in [-0.4, -0.2) is 37.0 Å². The molecule has 2 heterocycles. The Morgan fingerprint density at radius 1 is 1.10 bits per heavy atom. The second-order valence-corrected chi connectivity index (χ2v) is 6.98. The number of halogens is 1. The topological polar surface area (TPSA) is 69.3 Å². The number of benzene rings is 2. The lowest BCUT2D eigenvalue weighted by Crippen LogP contribution is -2.21. The summed E-state index contributed by atoms with van der Waals surface area (Å²) in [6, 6.07) is 15.4. The minimum Gasteiger partial charge on any atom is -0.383 e. The summed E-state index contributed by atoms with van der Waals surface area (Å²) in [5.74, 6) is 0.508. The maximum Gasteiger partial charge on any atom is 0.264 e. The number of hydrogen-bond donors (Lipinski definition) is 1. The molecule has 0 saturated carbocycles. The molecular weight excluding hydrogens is 414 g/mol. The predicted octanol–water partition coefficient (Wildman–Crippen LogP) is 5.03. The predicted molar refractivity (Wildman–Crippen MR) is 128 cm³/mol. The van der Waals surface area contributed by atoms with Crippen LogP contribution in [0.15, 0.2) is 57.8 Å². The Hall–Kier alpha value is -2.67. The number of ether oxygens (including phenoxy) is 1. The number of nitrogens with zero attached hydrogens (tertiary/aromatic N) is 2. The molecule has 0 atom stereocenters. The maximum atomic E-state index is 13.0. The molecule has 0 aliphatic rings. The number of aryl methyl sites for hydroxylation is 1. The summed E-state index contributed by atoms with van der Waals surface area (Å²) >= 11 is 6.38. The van der Waals surface area contributed by atoms with Crippen molar-refractivity contribution in [3.63, 3.8) is 0 Å².